The number of likely N-dealkylation sites (tertiary alicyclic amines) is 1. The highest BCUT2D eigenvalue weighted by Crippen LogP contribution is 2.23. The lowest BCUT2D eigenvalue weighted by atomic mass is 9.91. The molecule has 1 amide bonds. The van der Waals surface area contributed by atoms with Gasteiger partial charge in [0.25, 0.3) is 0 Å². The number of hydrogen-bond donors (Lipinski definition) is 2. The van der Waals surface area contributed by atoms with Gasteiger partial charge in [-0.1, -0.05) is 6.07 Å². The molecule has 2 heterocycles. The van der Waals surface area contributed by atoms with Gasteiger partial charge >= 0.3 is 6.09 Å². The molecule has 1 aromatic rings. The zero-order valence-electron chi connectivity index (χ0n) is 14.3. The van der Waals surface area contributed by atoms with Crippen LogP contribution in [0.3, 0.4) is 0 Å². The number of aliphatic hydroxyl groups is 1. The number of ether oxygens (including phenoxy) is 1. The van der Waals surface area contributed by atoms with Crippen molar-refractivity contribution in [2.75, 3.05) is 26.2 Å². The highest BCUT2D eigenvalue weighted by Gasteiger charge is 2.34. The molecule has 0 bridgehead atoms. The third-order valence-electron chi connectivity index (χ3n) is 3.93. The van der Waals surface area contributed by atoms with Gasteiger partial charge in [0.15, 0.2) is 0 Å². The lowest BCUT2D eigenvalue weighted by Crippen LogP contribution is -2.52. The molecule has 0 spiro atoms. The van der Waals surface area contributed by atoms with Crippen LogP contribution in [0.5, 0.6) is 0 Å². The van der Waals surface area contributed by atoms with Gasteiger partial charge in [-0.3, -0.25) is 0 Å². The Labute approximate surface area is 142 Å². The summed E-state index contributed by atoms with van der Waals surface area (Å²) >= 11 is 1.76. The van der Waals surface area contributed by atoms with E-state index >= 15 is 0 Å². The minimum absolute atomic E-state index is 0.287. The lowest BCUT2D eigenvalue weighted by Gasteiger charge is -2.38. The topological polar surface area (TPSA) is 61.8 Å². The van der Waals surface area contributed by atoms with E-state index in [1.54, 1.807) is 16.2 Å². The highest BCUT2D eigenvalue weighted by atomic mass is 32.1. The molecule has 1 saturated heterocycles. The van der Waals surface area contributed by atoms with Gasteiger partial charge in [-0.25, -0.2) is 4.79 Å². The summed E-state index contributed by atoms with van der Waals surface area (Å²) in [6, 6.07) is 4.18. The van der Waals surface area contributed by atoms with Crippen LogP contribution in [0.25, 0.3) is 0 Å². The Morgan fingerprint density at radius 3 is 2.70 bits per heavy atom. The zero-order chi connectivity index (χ0) is 16.9. The van der Waals surface area contributed by atoms with Gasteiger partial charge in [-0.15, -0.1) is 11.3 Å². The Hall–Kier alpha value is -1.11. The lowest BCUT2D eigenvalue weighted by molar-refractivity contribution is -0.0307. The third-order valence-corrected chi connectivity index (χ3v) is 4.86. The number of amides is 1. The van der Waals surface area contributed by atoms with Gasteiger partial charge in [-0.2, -0.15) is 0 Å². The predicted molar refractivity (Wildman–Crippen MR) is 92.9 cm³/mol. The molecule has 1 aromatic heterocycles. The van der Waals surface area contributed by atoms with Gasteiger partial charge in [-0.05, 0) is 51.5 Å². The number of nitrogens with zero attached hydrogens (tertiary/aromatic N) is 1. The Balaban J connectivity index is 1.68. The maximum atomic E-state index is 12.0. The predicted octanol–water partition coefficient (Wildman–Crippen LogP) is 2.64. The van der Waals surface area contributed by atoms with E-state index in [0.717, 1.165) is 13.0 Å². The summed E-state index contributed by atoms with van der Waals surface area (Å²) in [5, 5.41) is 16.0. The van der Waals surface area contributed by atoms with E-state index in [1.165, 1.54) is 4.88 Å². The molecule has 2 rings (SSSR count). The first kappa shape index (κ1) is 18.2. The Kier molecular flexibility index (Phi) is 6.06. The Morgan fingerprint density at radius 2 is 2.13 bits per heavy atom. The smallest absolute Gasteiger partial charge is 0.410 e. The largest absolute Gasteiger partial charge is 0.444 e. The van der Waals surface area contributed by atoms with Gasteiger partial charge in [0.05, 0.1) is 5.60 Å². The minimum atomic E-state index is -0.728. The SMILES string of the molecule is CC(C)(C)OC(=O)N1CCC(O)(CNCCc2cccs2)CC1. The van der Waals surface area contributed by atoms with Crippen LogP contribution in [0.15, 0.2) is 17.5 Å². The molecule has 0 radical (unpaired) electrons. The maximum Gasteiger partial charge on any atom is 0.410 e. The van der Waals surface area contributed by atoms with Gasteiger partial charge in [0.2, 0.25) is 0 Å². The van der Waals surface area contributed by atoms with E-state index in [1.807, 2.05) is 20.8 Å². The van der Waals surface area contributed by atoms with Crippen molar-refractivity contribution in [2.24, 2.45) is 0 Å². The molecule has 5 nitrogen and oxygen atoms in total. The number of rotatable bonds is 5. The van der Waals surface area contributed by atoms with Gasteiger partial charge < -0.3 is 20.1 Å². The number of carbonyl (C=O) groups excluding carboxylic acids is 1. The maximum absolute atomic E-state index is 12.0. The van der Waals surface area contributed by atoms with Crippen LogP contribution in [0, 0.1) is 0 Å². The number of hydrogen-bond acceptors (Lipinski definition) is 5. The van der Waals surface area contributed by atoms with E-state index in [-0.39, 0.29) is 6.09 Å². The molecule has 23 heavy (non-hydrogen) atoms. The molecular formula is C17H28N2O3S. The average molecular weight is 340 g/mol. The van der Waals surface area contributed by atoms with Crippen molar-refractivity contribution in [3.63, 3.8) is 0 Å². The molecule has 0 atom stereocenters. The fourth-order valence-electron chi connectivity index (χ4n) is 2.60. The average Bonchev–Trinajstić information content (AvgIpc) is 2.96. The van der Waals surface area contributed by atoms with Crippen LogP contribution in [-0.4, -0.2) is 53.5 Å². The summed E-state index contributed by atoms with van der Waals surface area (Å²) in [7, 11) is 0. The van der Waals surface area contributed by atoms with E-state index in [2.05, 4.69) is 22.8 Å². The van der Waals surface area contributed by atoms with Crippen LogP contribution in [-0.2, 0) is 11.2 Å². The molecule has 6 heteroatoms. The van der Waals surface area contributed by atoms with E-state index in [4.69, 9.17) is 4.74 Å². The molecule has 130 valence electrons. The van der Waals surface area contributed by atoms with Crippen molar-refractivity contribution in [2.45, 2.75) is 51.2 Å². The monoisotopic (exact) mass is 340 g/mol. The first-order valence-electron chi connectivity index (χ1n) is 8.21. The van der Waals surface area contributed by atoms with E-state index in [0.29, 0.717) is 32.5 Å². The van der Waals surface area contributed by atoms with Crippen LogP contribution in [0.2, 0.25) is 0 Å². The zero-order valence-corrected chi connectivity index (χ0v) is 15.1. The van der Waals surface area contributed by atoms with Gasteiger partial charge in [0.1, 0.15) is 5.60 Å². The van der Waals surface area contributed by atoms with Crippen LogP contribution in [0.4, 0.5) is 4.79 Å². The molecule has 1 aliphatic rings. The summed E-state index contributed by atoms with van der Waals surface area (Å²) in [6.45, 7) is 8.10. The van der Waals surface area contributed by atoms with Crippen molar-refractivity contribution < 1.29 is 14.6 Å². The van der Waals surface area contributed by atoms with Crippen LogP contribution in [0.1, 0.15) is 38.5 Å². The second kappa shape index (κ2) is 7.64. The van der Waals surface area contributed by atoms with Crippen LogP contribution >= 0.6 is 11.3 Å². The number of piperidine rings is 1. The first-order chi connectivity index (χ1) is 10.8. The summed E-state index contributed by atoms with van der Waals surface area (Å²) in [4.78, 5) is 15.1. The Bertz CT molecular complexity index is 488. The van der Waals surface area contributed by atoms with E-state index in [9.17, 15) is 9.90 Å². The minimum Gasteiger partial charge on any atom is -0.444 e. The fraction of sp³-hybridized carbons (Fsp3) is 0.706. The third kappa shape index (κ3) is 6.12. The number of thiophene rings is 1. The second-order valence-electron chi connectivity index (χ2n) is 7.20. The molecule has 2 N–H and O–H groups in total. The molecule has 0 aromatic carbocycles. The second-order valence-corrected chi connectivity index (χ2v) is 8.23. The normalized spacial score (nSPS) is 18.0. The quantitative estimate of drug-likeness (QED) is 0.809. The summed E-state index contributed by atoms with van der Waals surface area (Å²) in [5.41, 5.74) is -1.21. The van der Waals surface area contributed by atoms with Crippen molar-refractivity contribution in [1.29, 1.82) is 0 Å². The highest BCUT2D eigenvalue weighted by molar-refractivity contribution is 7.09. The van der Waals surface area contributed by atoms with Crippen molar-refractivity contribution in [3.8, 4) is 0 Å². The summed E-state index contributed by atoms with van der Waals surface area (Å²) in [6.07, 6.45) is 1.86. The van der Waals surface area contributed by atoms with E-state index < -0.39 is 11.2 Å². The molecule has 1 fully saturated rings. The molecule has 0 saturated carbocycles. The van der Waals surface area contributed by atoms with Crippen molar-refractivity contribution in [3.05, 3.63) is 22.4 Å². The standard InChI is InChI=1S/C17H28N2O3S/c1-16(2,3)22-15(20)19-10-7-17(21,8-11-19)13-18-9-6-14-5-4-12-23-14/h4-5,12,18,21H,6-11,13H2,1-3H3. The van der Waals surface area contributed by atoms with Gasteiger partial charge in [0, 0.05) is 31.1 Å². The number of nitrogens with one attached hydrogen (secondary N) is 1. The molecule has 0 unspecified atom stereocenters. The molecular weight excluding hydrogens is 312 g/mol. The molecule has 1 aliphatic heterocycles. The fourth-order valence-corrected chi connectivity index (χ4v) is 3.31. The Morgan fingerprint density at radius 1 is 1.43 bits per heavy atom. The summed E-state index contributed by atoms with van der Waals surface area (Å²) in [5.74, 6) is 0. The van der Waals surface area contributed by atoms with Crippen molar-refractivity contribution >= 4 is 17.4 Å². The van der Waals surface area contributed by atoms with Crippen LogP contribution < -0.4 is 5.32 Å². The van der Waals surface area contributed by atoms with Crippen molar-refractivity contribution in [1.82, 2.24) is 10.2 Å². The summed E-state index contributed by atoms with van der Waals surface area (Å²) < 4.78 is 5.38. The first-order valence-corrected chi connectivity index (χ1v) is 9.09. The number of carbonyl (C=O) groups is 1. The molecule has 0 aliphatic carbocycles.